The van der Waals surface area contributed by atoms with Crippen LogP contribution in [0.2, 0.25) is 0 Å². The summed E-state index contributed by atoms with van der Waals surface area (Å²) < 4.78 is 0. The smallest absolute Gasteiger partial charge is 0.270 e. The van der Waals surface area contributed by atoms with Crippen LogP contribution in [0.3, 0.4) is 0 Å². The molecular formula is C13H15N3OS. The zero-order chi connectivity index (χ0) is 12.8. The Bertz CT molecular complexity index is 510. The van der Waals surface area contributed by atoms with Gasteiger partial charge in [-0.2, -0.15) is 0 Å². The fourth-order valence-corrected chi connectivity index (χ4v) is 2.28. The summed E-state index contributed by atoms with van der Waals surface area (Å²) in [5.41, 5.74) is 1.48. The number of aromatic nitrogens is 2. The van der Waals surface area contributed by atoms with Crippen LogP contribution in [-0.2, 0) is 0 Å². The molecule has 2 aromatic heterocycles. The van der Waals surface area contributed by atoms with Gasteiger partial charge < -0.3 is 5.32 Å². The quantitative estimate of drug-likeness (QED) is 0.842. The Balaban J connectivity index is 2.04. The van der Waals surface area contributed by atoms with Gasteiger partial charge in [-0.05, 0) is 18.6 Å². The molecule has 0 aromatic carbocycles. The first-order valence-electron chi connectivity index (χ1n) is 5.95. The van der Waals surface area contributed by atoms with E-state index in [1.165, 1.54) is 11.3 Å². The van der Waals surface area contributed by atoms with Crippen LogP contribution in [0, 0.1) is 0 Å². The van der Waals surface area contributed by atoms with Crippen molar-refractivity contribution < 1.29 is 4.79 Å². The lowest BCUT2D eigenvalue weighted by atomic mass is 10.3. The Hall–Kier alpha value is -1.75. The molecule has 0 bridgehead atoms. The van der Waals surface area contributed by atoms with Crippen LogP contribution in [0.1, 0.15) is 30.3 Å². The zero-order valence-corrected chi connectivity index (χ0v) is 11.0. The summed E-state index contributed by atoms with van der Waals surface area (Å²) in [6, 6.07) is 3.77. The minimum absolute atomic E-state index is 0.0972. The normalized spacial score (nSPS) is 10.3. The van der Waals surface area contributed by atoms with Crippen LogP contribution in [-0.4, -0.2) is 22.4 Å². The average molecular weight is 261 g/mol. The van der Waals surface area contributed by atoms with Crippen molar-refractivity contribution in [1.82, 2.24) is 15.3 Å². The maximum Gasteiger partial charge on any atom is 0.270 e. The molecule has 2 rings (SSSR count). The van der Waals surface area contributed by atoms with Crippen LogP contribution >= 0.6 is 11.3 Å². The standard InChI is InChI=1S/C13H15N3OS/c1-2-3-6-15-12(17)11-9-18-13(16-11)10-4-7-14-8-5-10/h4-5,7-9H,2-3,6H2,1H3,(H,15,17). The third-order valence-electron chi connectivity index (χ3n) is 2.48. The Morgan fingerprint density at radius 1 is 1.39 bits per heavy atom. The number of carbonyl (C=O) groups excluding carboxylic acids is 1. The maximum atomic E-state index is 11.8. The summed E-state index contributed by atoms with van der Waals surface area (Å²) in [6.45, 7) is 2.80. The van der Waals surface area contributed by atoms with E-state index >= 15 is 0 Å². The molecule has 1 N–H and O–H groups in total. The van der Waals surface area contributed by atoms with E-state index in [0.717, 1.165) is 23.4 Å². The van der Waals surface area contributed by atoms with E-state index in [0.29, 0.717) is 12.2 Å². The van der Waals surface area contributed by atoms with Crippen molar-refractivity contribution in [1.29, 1.82) is 0 Å². The largest absolute Gasteiger partial charge is 0.351 e. The fraction of sp³-hybridized carbons (Fsp3) is 0.308. The molecule has 0 atom stereocenters. The van der Waals surface area contributed by atoms with Gasteiger partial charge in [0.15, 0.2) is 0 Å². The average Bonchev–Trinajstić information content (AvgIpc) is 2.89. The van der Waals surface area contributed by atoms with Crippen molar-refractivity contribution in [2.45, 2.75) is 19.8 Å². The maximum absolute atomic E-state index is 11.8. The van der Waals surface area contributed by atoms with Crippen LogP contribution in [0.25, 0.3) is 10.6 Å². The number of nitrogens with one attached hydrogen (secondary N) is 1. The number of carbonyl (C=O) groups is 1. The van der Waals surface area contributed by atoms with Gasteiger partial charge in [0.2, 0.25) is 0 Å². The van der Waals surface area contributed by atoms with E-state index < -0.39 is 0 Å². The molecule has 1 amide bonds. The van der Waals surface area contributed by atoms with Crippen LogP contribution < -0.4 is 5.32 Å². The van der Waals surface area contributed by atoms with Crippen molar-refractivity contribution in [3.63, 3.8) is 0 Å². The van der Waals surface area contributed by atoms with Gasteiger partial charge >= 0.3 is 0 Å². The lowest BCUT2D eigenvalue weighted by Gasteiger charge is -2.00. The minimum Gasteiger partial charge on any atom is -0.351 e. The molecular weight excluding hydrogens is 246 g/mol. The predicted molar refractivity (Wildman–Crippen MR) is 72.6 cm³/mol. The van der Waals surface area contributed by atoms with Crippen molar-refractivity contribution in [2.24, 2.45) is 0 Å². The number of amides is 1. The second kappa shape index (κ2) is 6.26. The van der Waals surface area contributed by atoms with Crippen molar-refractivity contribution in [3.8, 4) is 10.6 Å². The van der Waals surface area contributed by atoms with Gasteiger partial charge in [0, 0.05) is 29.9 Å². The van der Waals surface area contributed by atoms with Crippen molar-refractivity contribution in [2.75, 3.05) is 6.54 Å². The third-order valence-corrected chi connectivity index (χ3v) is 3.37. The lowest BCUT2D eigenvalue weighted by Crippen LogP contribution is -2.24. The second-order valence-electron chi connectivity index (χ2n) is 3.88. The lowest BCUT2D eigenvalue weighted by molar-refractivity contribution is 0.0949. The number of nitrogens with zero attached hydrogens (tertiary/aromatic N) is 2. The zero-order valence-electron chi connectivity index (χ0n) is 10.2. The Morgan fingerprint density at radius 3 is 2.89 bits per heavy atom. The first-order valence-corrected chi connectivity index (χ1v) is 6.83. The topological polar surface area (TPSA) is 54.9 Å². The molecule has 0 aliphatic rings. The molecule has 0 spiro atoms. The van der Waals surface area contributed by atoms with Gasteiger partial charge in [-0.25, -0.2) is 4.98 Å². The first-order chi connectivity index (χ1) is 8.81. The molecule has 0 saturated heterocycles. The summed E-state index contributed by atoms with van der Waals surface area (Å²) in [4.78, 5) is 20.1. The summed E-state index contributed by atoms with van der Waals surface area (Å²) in [5, 5.41) is 5.49. The monoisotopic (exact) mass is 261 g/mol. The van der Waals surface area contributed by atoms with Gasteiger partial charge in [-0.15, -0.1) is 11.3 Å². The van der Waals surface area contributed by atoms with E-state index in [9.17, 15) is 4.79 Å². The Morgan fingerprint density at radius 2 is 2.17 bits per heavy atom. The van der Waals surface area contributed by atoms with Crippen molar-refractivity contribution in [3.05, 3.63) is 35.6 Å². The molecule has 0 radical (unpaired) electrons. The molecule has 2 aromatic rings. The highest BCUT2D eigenvalue weighted by Gasteiger charge is 2.10. The molecule has 5 heteroatoms. The molecule has 0 saturated carbocycles. The number of hydrogen-bond acceptors (Lipinski definition) is 4. The molecule has 18 heavy (non-hydrogen) atoms. The van der Waals surface area contributed by atoms with Gasteiger partial charge in [0.25, 0.3) is 5.91 Å². The number of thiazole rings is 1. The first kappa shape index (κ1) is 12.7. The van der Waals surface area contributed by atoms with Gasteiger partial charge in [-0.1, -0.05) is 13.3 Å². The highest BCUT2D eigenvalue weighted by Crippen LogP contribution is 2.22. The summed E-state index contributed by atoms with van der Waals surface area (Å²) in [5.74, 6) is -0.0972. The van der Waals surface area contributed by atoms with E-state index in [-0.39, 0.29) is 5.91 Å². The number of unbranched alkanes of at least 4 members (excludes halogenated alkanes) is 1. The summed E-state index contributed by atoms with van der Waals surface area (Å²) in [7, 11) is 0. The van der Waals surface area contributed by atoms with E-state index in [2.05, 4.69) is 22.2 Å². The third kappa shape index (κ3) is 3.13. The number of hydrogen-bond donors (Lipinski definition) is 1. The predicted octanol–water partition coefficient (Wildman–Crippen LogP) is 2.74. The molecule has 94 valence electrons. The van der Waals surface area contributed by atoms with Crippen LogP contribution in [0.15, 0.2) is 29.9 Å². The van der Waals surface area contributed by atoms with E-state index in [1.807, 2.05) is 12.1 Å². The second-order valence-corrected chi connectivity index (χ2v) is 4.74. The molecule has 0 aliphatic carbocycles. The Kier molecular flexibility index (Phi) is 4.41. The van der Waals surface area contributed by atoms with Crippen LogP contribution in [0.5, 0.6) is 0 Å². The van der Waals surface area contributed by atoms with E-state index in [4.69, 9.17) is 0 Å². The van der Waals surface area contributed by atoms with E-state index in [1.54, 1.807) is 17.8 Å². The SMILES string of the molecule is CCCCNC(=O)c1csc(-c2ccncc2)n1. The molecule has 0 aliphatic heterocycles. The molecule has 2 heterocycles. The minimum atomic E-state index is -0.0972. The summed E-state index contributed by atoms with van der Waals surface area (Å²) >= 11 is 1.47. The van der Waals surface area contributed by atoms with Gasteiger partial charge in [0.05, 0.1) is 0 Å². The van der Waals surface area contributed by atoms with Gasteiger partial charge in [-0.3, -0.25) is 9.78 Å². The molecule has 4 nitrogen and oxygen atoms in total. The highest BCUT2D eigenvalue weighted by atomic mass is 32.1. The summed E-state index contributed by atoms with van der Waals surface area (Å²) in [6.07, 6.45) is 5.50. The number of pyridine rings is 1. The highest BCUT2D eigenvalue weighted by molar-refractivity contribution is 7.13. The fourth-order valence-electron chi connectivity index (χ4n) is 1.47. The molecule has 0 unspecified atom stereocenters. The number of rotatable bonds is 5. The van der Waals surface area contributed by atoms with Crippen molar-refractivity contribution >= 4 is 17.2 Å². The Labute approximate surface area is 110 Å². The molecule has 0 fully saturated rings. The van der Waals surface area contributed by atoms with Gasteiger partial charge in [0.1, 0.15) is 10.7 Å². The van der Waals surface area contributed by atoms with Crippen LogP contribution in [0.4, 0.5) is 0 Å².